The van der Waals surface area contributed by atoms with E-state index < -0.39 is 28.5 Å². The molecular weight excluding hydrogens is 538 g/mol. The van der Waals surface area contributed by atoms with Gasteiger partial charge in [0.15, 0.2) is 0 Å². The van der Waals surface area contributed by atoms with Gasteiger partial charge in [-0.15, -0.1) is 0 Å². The standard InChI is InChI=1S/C32H41N3O5S/c1-6-8-21-33-32(37)26(5)34(22-27-17-13-24(3)14-18-27)31(36)23-35(29-11-9-10-12-30(29)40-7-2)41(38,39)28-19-15-25(4)16-20-28/h9-20,26H,6-8,21-23H2,1-5H3,(H,33,37)/t26-/m0/s1. The van der Waals surface area contributed by atoms with Gasteiger partial charge in [-0.05, 0) is 63.9 Å². The maximum atomic E-state index is 14.1. The third-order valence-corrected chi connectivity index (χ3v) is 8.57. The highest BCUT2D eigenvalue weighted by atomic mass is 32.2. The van der Waals surface area contributed by atoms with Crippen LogP contribution in [-0.4, -0.2) is 50.9 Å². The Morgan fingerprint density at radius 2 is 1.51 bits per heavy atom. The van der Waals surface area contributed by atoms with Crippen LogP contribution in [0.4, 0.5) is 5.69 Å². The summed E-state index contributed by atoms with van der Waals surface area (Å²) >= 11 is 0. The second kappa shape index (κ2) is 14.7. The number of carbonyl (C=O) groups is 2. The maximum absolute atomic E-state index is 14.1. The summed E-state index contributed by atoms with van der Waals surface area (Å²) < 4.78 is 34.9. The quantitative estimate of drug-likeness (QED) is 0.264. The number of unbranched alkanes of at least 4 members (excludes halogenated alkanes) is 1. The van der Waals surface area contributed by atoms with Crippen LogP contribution in [0.3, 0.4) is 0 Å². The molecule has 3 rings (SSSR count). The average molecular weight is 580 g/mol. The van der Waals surface area contributed by atoms with Crippen LogP contribution in [-0.2, 0) is 26.2 Å². The summed E-state index contributed by atoms with van der Waals surface area (Å²) in [5.74, 6) is -0.457. The first-order valence-corrected chi connectivity index (χ1v) is 15.5. The van der Waals surface area contributed by atoms with Gasteiger partial charge in [-0.2, -0.15) is 0 Å². The van der Waals surface area contributed by atoms with Crippen molar-refractivity contribution in [3.05, 3.63) is 89.5 Å². The van der Waals surface area contributed by atoms with Crippen molar-refractivity contribution >= 4 is 27.5 Å². The van der Waals surface area contributed by atoms with Gasteiger partial charge < -0.3 is 15.0 Å². The number of amides is 2. The van der Waals surface area contributed by atoms with E-state index in [0.29, 0.717) is 18.9 Å². The Kier molecular flexibility index (Phi) is 11.3. The molecule has 0 unspecified atom stereocenters. The Balaban J connectivity index is 2.04. The summed E-state index contributed by atoms with van der Waals surface area (Å²) in [6.07, 6.45) is 1.74. The summed E-state index contributed by atoms with van der Waals surface area (Å²) in [4.78, 5) is 28.7. The molecule has 0 saturated heterocycles. The van der Waals surface area contributed by atoms with Crippen LogP contribution in [0.1, 0.15) is 50.3 Å². The highest BCUT2D eigenvalue weighted by molar-refractivity contribution is 7.92. The van der Waals surface area contributed by atoms with Crippen LogP contribution in [0.25, 0.3) is 0 Å². The minimum Gasteiger partial charge on any atom is -0.492 e. The highest BCUT2D eigenvalue weighted by Gasteiger charge is 2.33. The molecule has 3 aromatic rings. The first-order valence-electron chi connectivity index (χ1n) is 14.0. The van der Waals surface area contributed by atoms with E-state index in [1.54, 1.807) is 43.3 Å². The third-order valence-electron chi connectivity index (χ3n) is 6.79. The fraction of sp³-hybridized carbons (Fsp3) is 0.375. The van der Waals surface area contributed by atoms with Crippen molar-refractivity contribution < 1.29 is 22.7 Å². The molecule has 0 aliphatic carbocycles. The molecule has 0 aromatic heterocycles. The number of hydrogen-bond acceptors (Lipinski definition) is 5. The molecule has 0 saturated carbocycles. The number of nitrogens with one attached hydrogen (secondary N) is 1. The lowest BCUT2D eigenvalue weighted by Gasteiger charge is -2.32. The van der Waals surface area contributed by atoms with Gasteiger partial charge in [0, 0.05) is 13.1 Å². The Morgan fingerprint density at radius 1 is 0.902 bits per heavy atom. The smallest absolute Gasteiger partial charge is 0.264 e. The van der Waals surface area contributed by atoms with Crippen LogP contribution in [0.2, 0.25) is 0 Å². The Hall–Kier alpha value is -3.85. The molecule has 1 N–H and O–H groups in total. The van der Waals surface area contributed by atoms with Crippen LogP contribution < -0.4 is 14.4 Å². The maximum Gasteiger partial charge on any atom is 0.264 e. The second-order valence-corrected chi connectivity index (χ2v) is 11.9. The summed E-state index contributed by atoms with van der Waals surface area (Å²) in [7, 11) is -4.18. The molecule has 8 nitrogen and oxygen atoms in total. The van der Waals surface area contributed by atoms with E-state index in [1.807, 2.05) is 52.0 Å². The van der Waals surface area contributed by atoms with E-state index in [4.69, 9.17) is 4.74 Å². The topological polar surface area (TPSA) is 96.0 Å². The highest BCUT2D eigenvalue weighted by Crippen LogP contribution is 2.33. The molecule has 3 aromatic carbocycles. The minimum absolute atomic E-state index is 0.0534. The van der Waals surface area contributed by atoms with Gasteiger partial charge in [0.2, 0.25) is 11.8 Å². The van der Waals surface area contributed by atoms with Crippen molar-refractivity contribution in [3.8, 4) is 5.75 Å². The van der Waals surface area contributed by atoms with Gasteiger partial charge in [0.25, 0.3) is 10.0 Å². The fourth-order valence-corrected chi connectivity index (χ4v) is 5.73. The number of nitrogens with zero attached hydrogens (tertiary/aromatic N) is 2. The molecular formula is C32H41N3O5S. The van der Waals surface area contributed by atoms with Crippen LogP contribution in [0.15, 0.2) is 77.7 Å². The number of anilines is 1. The van der Waals surface area contributed by atoms with Gasteiger partial charge in [-0.3, -0.25) is 13.9 Å². The van der Waals surface area contributed by atoms with E-state index in [1.165, 1.54) is 17.0 Å². The predicted octanol–water partition coefficient (Wildman–Crippen LogP) is 5.23. The first-order chi connectivity index (χ1) is 19.6. The van der Waals surface area contributed by atoms with Crippen molar-refractivity contribution in [2.75, 3.05) is 24.0 Å². The molecule has 0 aliphatic rings. The van der Waals surface area contributed by atoms with E-state index in [-0.39, 0.29) is 23.0 Å². The van der Waals surface area contributed by atoms with Gasteiger partial charge in [-0.25, -0.2) is 8.42 Å². The molecule has 0 bridgehead atoms. The monoisotopic (exact) mass is 579 g/mol. The zero-order chi connectivity index (χ0) is 30.0. The normalized spacial score (nSPS) is 11.9. The summed E-state index contributed by atoms with van der Waals surface area (Å²) in [5, 5.41) is 2.90. The number of para-hydroxylation sites is 2. The molecule has 0 fully saturated rings. The molecule has 9 heteroatoms. The van der Waals surface area contributed by atoms with Crippen LogP contribution >= 0.6 is 0 Å². The summed E-state index contributed by atoms with van der Waals surface area (Å²) in [6, 6.07) is 20.1. The zero-order valence-corrected chi connectivity index (χ0v) is 25.4. The fourth-order valence-electron chi connectivity index (χ4n) is 4.30. The zero-order valence-electron chi connectivity index (χ0n) is 24.6. The molecule has 1 atom stereocenters. The third kappa shape index (κ3) is 8.33. The van der Waals surface area contributed by atoms with Crippen molar-refractivity contribution in [1.29, 1.82) is 0 Å². The number of carbonyl (C=O) groups excluding carboxylic acids is 2. The van der Waals surface area contributed by atoms with E-state index >= 15 is 0 Å². The van der Waals surface area contributed by atoms with Gasteiger partial charge in [0.05, 0.1) is 17.2 Å². The van der Waals surface area contributed by atoms with Crippen molar-refractivity contribution in [2.24, 2.45) is 0 Å². The lowest BCUT2D eigenvalue weighted by molar-refractivity contribution is -0.139. The van der Waals surface area contributed by atoms with Crippen molar-refractivity contribution in [3.63, 3.8) is 0 Å². The molecule has 0 aliphatic heterocycles. The summed E-state index contributed by atoms with van der Waals surface area (Å²) in [5.41, 5.74) is 3.06. The largest absolute Gasteiger partial charge is 0.492 e. The average Bonchev–Trinajstić information content (AvgIpc) is 2.96. The molecule has 220 valence electrons. The van der Waals surface area contributed by atoms with E-state index in [0.717, 1.165) is 33.8 Å². The van der Waals surface area contributed by atoms with E-state index in [9.17, 15) is 18.0 Å². The van der Waals surface area contributed by atoms with Gasteiger partial charge in [-0.1, -0.05) is 73.0 Å². The van der Waals surface area contributed by atoms with Gasteiger partial charge >= 0.3 is 0 Å². The van der Waals surface area contributed by atoms with Crippen molar-refractivity contribution in [1.82, 2.24) is 10.2 Å². The number of aryl methyl sites for hydroxylation is 2. The molecule has 0 spiro atoms. The SMILES string of the molecule is CCCCNC(=O)[C@H](C)N(Cc1ccc(C)cc1)C(=O)CN(c1ccccc1OCC)S(=O)(=O)c1ccc(C)cc1. The number of sulfonamides is 1. The number of ether oxygens (including phenoxy) is 1. The number of hydrogen-bond donors (Lipinski definition) is 1. The van der Waals surface area contributed by atoms with E-state index in [2.05, 4.69) is 5.32 Å². The van der Waals surface area contributed by atoms with Crippen molar-refractivity contribution in [2.45, 2.75) is 64.9 Å². The first kappa shape index (κ1) is 31.7. The number of rotatable bonds is 14. The number of benzene rings is 3. The van der Waals surface area contributed by atoms with Crippen LogP contribution in [0.5, 0.6) is 5.75 Å². The van der Waals surface area contributed by atoms with Gasteiger partial charge in [0.1, 0.15) is 18.3 Å². The lowest BCUT2D eigenvalue weighted by atomic mass is 10.1. The molecule has 0 radical (unpaired) electrons. The predicted molar refractivity (Wildman–Crippen MR) is 162 cm³/mol. The molecule has 2 amide bonds. The van der Waals surface area contributed by atoms with Crippen LogP contribution in [0, 0.1) is 13.8 Å². The second-order valence-electron chi connectivity index (χ2n) is 10.1. The minimum atomic E-state index is -4.18. The Morgan fingerprint density at radius 3 is 2.12 bits per heavy atom. The Bertz CT molecular complexity index is 1410. The molecule has 0 heterocycles. The molecule has 41 heavy (non-hydrogen) atoms. The lowest BCUT2D eigenvalue weighted by Crippen LogP contribution is -2.51. The Labute approximate surface area is 244 Å². The summed E-state index contributed by atoms with van der Waals surface area (Å²) in [6.45, 7) is 9.80.